The summed E-state index contributed by atoms with van der Waals surface area (Å²) in [5.41, 5.74) is 7.91. The lowest BCUT2D eigenvalue weighted by Gasteiger charge is -2.06. The van der Waals surface area contributed by atoms with E-state index in [4.69, 9.17) is 15.7 Å². The van der Waals surface area contributed by atoms with Crippen LogP contribution in [0.3, 0.4) is 0 Å². The lowest BCUT2D eigenvalue weighted by Crippen LogP contribution is -1.95. The van der Waals surface area contributed by atoms with Crippen LogP contribution in [0.4, 0.5) is 0 Å². The first-order valence-electron chi connectivity index (χ1n) is 6.22. The van der Waals surface area contributed by atoms with Gasteiger partial charge in [0, 0.05) is 5.56 Å². The number of ether oxygens (including phenoxy) is 1. The molecule has 0 aliphatic carbocycles. The quantitative estimate of drug-likeness (QED) is 0.864. The summed E-state index contributed by atoms with van der Waals surface area (Å²) in [6.07, 6.45) is 0. The molecule has 2 aromatic rings. The standard InChI is InChI=1S/C17H14N2O/c18-11-1-2-14-7-9-17(10-8-14)20-13-16-5-3-15(12-19)4-6-16/h3-10H,11,13,18H2. The van der Waals surface area contributed by atoms with Crippen molar-refractivity contribution in [3.63, 3.8) is 0 Å². The molecule has 0 amide bonds. The van der Waals surface area contributed by atoms with Gasteiger partial charge in [-0.05, 0) is 42.0 Å². The molecule has 2 aromatic carbocycles. The SMILES string of the molecule is N#Cc1ccc(COc2ccc(C#CCN)cc2)cc1. The molecule has 98 valence electrons. The number of hydrogen-bond donors (Lipinski definition) is 1. The molecule has 3 heteroatoms. The zero-order valence-corrected chi connectivity index (χ0v) is 11.0. The van der Waals surface area contributed by atoms with Crippen molar-refractivity contribution in [3.8, 4) is 23.7 Å². The van der Waals surface area contributed by atoms with Crippen molar-refractivity contribution in [2.75, 3.05) is 6.54 Å². The molecule has 2 N–H and O–H groups in total. The van der Waals surface area contributed by atoms with Gasteiger partial charge in [0.1, 0.15) is 12.4 Å². The highest BCUT2D eigenvalue weighted by atomic mass is 16.5. The fraction of sp³-hybridized carbons (Fsp3) is 0.118. The largest absolute Gasteiger partial charge is 0.489 e. The summed E-state index contributed by atoms with van der Waals surface area (Å²) in [7, 11) is 0. The Kier molecular flexibility index (Phi) is 4.78. The Hall–Kier alpha value is -2.75. The third-order valence-corrected chi connectivity index (χ3v) is 2.68. The molecule has 0 spiro atoms. The molecule has 0 aromatic heterocycles. The van der Waals surface area contributed by atoms with Crippen LogP contribution in [0, 0.1) is 23.2 Å². The molecule has 3 nitrogen and oxygen atoms in total. The van der Waals surface area contributed by atoms with Crippen LogP contribution in [0.5, 0.6) is 5.75 Å². The van der Waals surface area contributed by atoms with Crippen molar-refractivity contribution in [1.82, 2.24) is 0 Å². The highest BCUT2D eigenvalue weighted by molar-refractivity contribution is 5.38. The zero-order chi connectivity index (χ0) is 14.2. The monoisotopic (exact) mass is 262 g/mol. The summed E-state index contributed by atoms with van der Waals surface area (Å²) < 4.78 is 5.67. The molecule has 0 aliphatic heterocycles. The molecule has 0 atom stereocenters. The van der Waals surface area contributed by atoms with Crippen molar-refractivity contribution < 1.29 is 4.74 Å². The van der Waals surface area contributed by atoms with Crippen molar-refractivity contribution in [2.24, 2.45) is 5.73 Å². The predicted molar refractivity (Wildman–Crippen MR) is 77.9 cm³/mol. The van der Waals surface area contributed by atoms with Crippen LogP contribution >= 0.6 is 0 Å². The Morgan fingerprint density at radius 1 is 0.950 bits per heavy atom. The summed E-state index contributed by atoms with van der Waals surface area (Å²) >= 11 is 0. The molecule has 0 aliphatic rings. The molecule has 0 unspecified atom stereocenters. The Morgan fingerprint density at radius 3 is 2.20 bits per heavy atom. The van der Waals surface area contributed by atoms with Crippen molar-refractivity contribution in [1.29, 1.82) is 5.26 Å². The fourth-order valence-electron chi connectivity index (χ4n) is 1.63. The number of rotatable bonds is 3. The van der Waals surface area contributed by atoms with E-state index in [1.165, 1.54) is 0 Å². The van der Waals surface area contributed by atoms with E-state index in [9.17, 15) is 0 Å². The molecule has 0 heterocycles. The minimum absolute atomic E-state index is 0.358. The average Bonchev–Trinajstić information content (AvgIpc) is 2.52. The summed E-state index contributed by atoms with van der Waals surface area (Å²) in [6, 6.07) is 17.0. The van der Waals surface area contributed by atoms with E-state index in [1.807, 2.05) is 36.4 Å². The first kappa shape index (κ1) is 13.7. The maximum absolute atomic E-state index is 8.72. The van der Waals surface area contributed by atoms with E-state index >= 15 is 0 Å². The van der Waals surface area contributed by atoms with E-state index in [1.54, 1.807) is 12.1 Å². The molecule has 0 saturated heterocycles. The fourth-order valence-corrected chi connectivity index (χ4v) is 1.63. The molecule has 0 saturated carbocycles. The van der Waals surface area contributed by atoms with Gasteiger partial charge in [0.2, 0.25) is 0 Å². The van der Waals surface area contributed by atoms with Gasteiger partial charge in [-0.15, -0.1) is 0 Å². The second kappa shape index (κ2) is 6.99. The van der Waals surface area contributed by atoms with Gasteiger partial charge in [-0.3, -0.25) is 0 Å². The van der Waals surface area contributed by atoms with Gasteiger partial charge in [-0.1, -0.05) is 24.0 Å². The summed E-state index contributed by atoms with van der Waals surface area (Å²) in [5, 5.41) is 8.72. The molecular weight excluding hydrogens is 248 g/mol. The van der Waals surface area contributed by atoms with Crippen molar-refractivity contribution in [3.05, 3.63) is 65.2 Å². The summed E-state index contributed by atoms with van der Waals surface area (Å²) in [4.78, 5) is 0. The zero-order valence-electron chi connectivity index (χ0n) is 11.0. The summed E-state index contributed by atoms with van der Waals surface area (Å²) in [6.45, 7) is 0.830. The van der Waals surface area contributed by atoms with E-state index in [0.29, 0.717) is 18.7 Å². The minimum atomic E-state index is 0.358. The average molecular weight is 262 g/mol. The highest BCUT2D eigenvalue weighted by Crippen LogP contribution is 2.14. The Labute approximate surface area is 118 Å². The minimum Gasteiger partial charge on any atom is -0.489 e. The second-order valence-electron chi connectivity index (χ2n) is 4.13. The van der Waals surface area contributed by atoms with E-state index in [0.717, 1.165) is 16.9 Å². The van der Waals surface area contributed by atoms with Crippen LogP contribution < -0.4 is 10.5 Å². The molecule has 2 rings (SSSR count). The lowest BCUT2D eigenvalue weighted by molar-refractivity contribution is 0.306. The summed E-state index contributed by atoms with van der Waals surface area (Å²) in [5.74, 6) is 6.54. The highest BCUT2D eigenvalue weighted by Gasteiger charge is 1.97. The van der Waals surface area contributed by atoms with Crippen LogP contribution in [0.25, 0.3) is 0 Å². The normalized spacial score (nSPS) is 9.20. The van der Waals surface area contributed by atoms with Gasteiger partial charge in [-0.25, -0.2) is 0 Å². The van der Waals surface area contributed by atoms with Crippen LogP contribution in [0.2, 0.25) is 0 Å². The Morgan fingerprint density at radius 2 is 1.60 bits per heavy atom. The van der Waals surface area contributed by atoms with Crippen molar-refractivity contribution >= 4 is 0 Å². The van der Waals surface area contributed by atoms with E-state index < -0.39 is 0 Å². The first-order chi connectivity index (χ1) is 9.81. The van der Waals surface area contributed by atoms with Gasteiger partial charge in [-0.2, -0.15) is 5.26 Å². The molecule has 20 heavy (non-hydrogen) atoms. The van der Waals surface area contributed by atoms with Gasteiger partial charge in [0.25, 0.3) is 0 Å². The lowest BCUT2D eigenvalue weighted by atomic mass is 10.1. The second-order valence-corrected chi connectivity index (χ2v) is 4.13. The number of benzene rings is 2. The van der Waals surface area contributed by atoms with Gasteiger partial charge in [0.05, 0.1) is 18.2 Å². The number of nitriles is 1. The maximum atomic E-state index is 8.72. The third-order valence-electron chi connectivity index (χ3n) is 2.68. The molecule has 0 fully saturated rings. The first-order valence-corrected chi connectivity index (χ1v) is 6.22. The number of hydrogen-bond acceptors (Lipinski definition) is 3. The van der Waals surface area contributed by atoms with Gasteiger partial charge < -0.3 is 10.5 Å². The molecule has 0 radical (unpaired) electrons. The van der Waals surface area contributed by atoms with E-state index in [2.05, 4.69) is 17.9 Å². The van der Waals surface area contributed by atoms with Crippen LogP contribution in [-0.4, -0.2) is 6.54 Å². The van der Waals surface area contributed by atoms with Gasteiger partial charge in [0.15, 0.2) is 0 Å². The van der Waals surface area contributed by atoms with Crippen molar-refractivity contribution in [2.45, 2.75) is 6.61 Å². The van der Waals surface area contributed by atoms with Gasteiger partial charge >= 0.3 is 0 Å². The van der Waals surface area contributed by atoms with Crippen LogP contribution in [-0.2, 0) is 6.61 Å². The number of nitrogens with zero attached hydrogens (tertiary/aromatic N) is 1. The topological polar surface area (TPSA) is 59.0 Å². The molecular formula is C17H14N2O. The molecule has 0 bridgehead atoms. The van der Waals surface area contributed by atoms with Crippen LogP contribution in [0.15, 0.2) is 48.5 Å². The van der Waals surface area contributed by atoms with Crippen LogP contribution in [0.1, 0.15) is 16.7 Å². The van der Waals surface area contributed by atoms with E-state index in [-0.39, 0.29) is 0 Å². The Bertz CT molecular complexity index is 655. The third kappa shape index (κ3) is 3.88. The smallest absolute Gasteiger partial charge is 0.119 e. The maximum Gasteiger partial charge on any atom is 0.119 e. The number of nitrogens with two attached hydrogens (primary N) is 1. The Balaban J connectivity index is 1.95. The predicted octanol–water partition coefficient (Wildman–Crippen LogP) is 2.45.